The van der Waals surface area contributed by atoms with Crippen molar-refractivity contribution in [3.63, 3.8) is 0 Å². The molecule has 4 heteroatoms. The van der Waals surface area contributed by atoms with Gasteiger partial charge in [0.1, 0.15) is 5.82 Å². The quantitative estimate of drug-likeness (QED) is 0.804. The molecular formula is C10H11FO3. The Kier molecular flexibility index (Phi) is 3.59. The standard InChI is InChI=1S/C10H11FO3/c1-2-14-9(10(12)13)7-5-3-4-6-8(7)11/h3-6,9H,2H2,1H3,(H,12,13). The van der Waals surface area contributed by atoms with Gasteiger partial charge < -0.3 is 9.84 Å². The van der Waals surface area contributed by atoms with Crippen LogP contribution in [0.25, 0.3) is 0 Å². The molecule has 0 saturated carbocycles. The number of carboxylic acid groups (broad SMARTS) is 1. The summed E-state index contributed by atoms with van der Waals surface area (Å²) in [6.07, 6.45) is -1.22. The summed E-state index contributed by atoms with van der Waals surface area (Å²) in [5, 5.41) is 8.79. The van der Waals surface area contributed by atoms with E-state index in [0.717, 1.165) is 0 Å². The third kappa shape index (κ3) is 2.29. The molecule has 0 saturated heterocycles. The van der Waals surface area contributed by atoms with Crippen LogP contribution in [0.4, 0.5) is 4.39 Å². The van der Waals surface area contributed by atoms with Gasteiger partial charge in [-0.3, -0.25) is 0 Å². The first kappa shape index (κ1) is 10.7. The molecular weight excluding hydrogens is 187 g/mol. The number of hydrogen-bond acceptors (Lipinski definition) is 2. The molecule has 1 rings (SSSR count). The summed E-state index contributed by atoms with van der Waals surface area (Å²) in [5.41, 5.74) is 0.0573. The zero-order chi connectivity index (χ0) is 10.6. The summed E-state index contributed by atoms with van der Waals surface area (Å²) < 4.78 is 18.1. The second kappa shape index (κ2) is 4.72. The highest BCUT2D eigenvalue weighted by Gasteiger charge is 2.22. The van der Waals surface area contributed by atoms with Crippen LogP contribution >= 0.6 is 0 Å². The summed E-state index contributed by atoms with van der Waals surface area (Å²) >= 11 is 0. The molecule has 1 aromatic rings. The predicted molar refractivity (Wildman–Crippen MR) is 48.4 cm³/mol. The van der Waals surface area contributed by atoms with Crippen LogP contribution in [-0.2, 0) is 9.53 Å². The van der Waals surface area contributed by atoms with E-state index >= 15 is 0 Å². The van der Waals surface area contributed by atoms with E-state index in [1.165, 1.54) is 18.2 Å². The normalized spacial score (nSPS) is 12.4. The Morgan fingerprint density at radius 1 is 1.57 bits per heavy atom. The van der Waals surface area contributed by atoms with Crippen molar-refractivity contribution >= 4 is 5.97 Å². The van der Waals surface area contributed by atoms with E-state index in [2.05, 4.69) is 0 Å². The molecule has 0 radical (unpaired) electrons. The van der Waals surface area contributed by atoms with E-state index in [9.17, 15) is 9.18 Å². The Morgan fingerprint density at radius 2 is 2.21 bits per heavy atom. The molecule has 1 unspecified atom stereocenters. The Morgan fingerprint density at radius 3 is 2.71 bits per heavy atom. The van der Waals surface area contributed by atoms with Gasteiger partial charge in [-0.15, -0.1) is 0 Å². The molecule has 0 aromatic heterocycles. The predicted octanol–water partition coefficient (Wildman–Crippen LogP) is 1.99. The van der Waals surface area contributed by atoms with Gasteiger partial charge in [-0.2, -0.15) is 0 Å². The third-order valence-corrected chi connectivity index (χ3v) is 1.75. The van der Waals surface area contributed by atoms with Gasteiger partial charge >= 0.3 is 5.97 Å². The van der Waals surface area contributed by atoms with Gasteiger partial charge in [0, 0.05) is 12.2 Å². The van der Waals surface area contributed by atoms with Gasteiger partial charge in [-0.1, -0.05) is 18.2 Å². The molecule has 0 aliphatic rings. The number of ether oxygens (including phenoxy) is 1. The molecule has 0 aliphatic carbocycles. The molecule has 0 fully saturated rings. The topological polar surface area (TPSA) is 46.5 Å². The van der Waals surface area contributed by atoms with Crippen LogP contribution in [0.1, 0.15) is 18.6 Å². The van der Waals surface area contributed by atoms with Crippen molar-refractivity contribution in [1.82, 2.24) is 0 Å². The Hall–Kier alpha value is -1.42. The van der Waals surface area contributed by atoms with Crippen LogP contribution in [0.2, 0.25) is 0 Å². The number of hydrogen-bond donors (Lipinski definition) is 1. The number of aliphatic carboxylic acids is 1. The minimum absolute atomic E-state index is 0.0573. The van der Waals surface area contributed by atoms with Gasteiger partial charge in [-0.05, 0) is 13.0 Å². The van der Waals surface area contributed by atoms with Crippen LogP contribution in [-0.4, -0.2) is 17.7 Å². The van der Waals surface area contributed by atoms with E-state index in [4.69, 9.17) is 9.84 Å². The summed E-state index contributed by atoms with van der Waals surface area (Å²) in [6, 6.07) is 5.70. The Labute approximate surface area is 81.1 Å². The van der Waals surface area contributed by atoms with Crippen LogP contribution in [0.5, 0.6) is 0 Å². The fraction of sp³-hybridized carbons (Fsp3) is 0.300. The fourth-order valence-electron chi connectivity index (χ4n) is 1.15. The molecule has 76 valence electrons. The van der Waals surface area contributed by atoms with Crippen molar-refractivity contribution in [3.05, 3.63) is 35.6 Å². The van der Waals surface area contributed by atoms with Crippen LogP contribution in [0.3, 0.4) is 0 Å². The van der Waals surface area contributed by atoms with Gasteiger partial charge in [0.25, 0.3) is 0 Å². The first-order valence-corrected chi connectivity index (χ1v) is 4.25. The van der Waals surface area contributed by atoms with Gasteiger partial charge in [0.05, 0.1) is 0 Å². The van der Waals surface area contributed by atoms with Crippen LogP contribution < -0.4 is 0 Å². The van der Waals surface area contributed by atoms with Crippen molar-refractivity contribution < 1.29 is 19.0 Å². The molecule has 3 nitrogen and oxygen atoms in total. The van der Waals surface area contributed by atoms with Gasteiger partial charge in [-0.25, -0.2) is 9.18 Å². The summed E-state index contributed by atoms with van der Waals surface area (Å²) in [4.78, 5) is 10.8. The maximum absolute atomic E-state index is 13.2. The second-order valence-electron chi connectivity index (χ2n) is 2.70. The molecule has 1 atom stereocenters. The lowest BCUT2D eigenvalue weighted by Gasteiger charge is -2.12. The average molecular weight is 198 g/mol. The molecule has 1 aromatic carbocycles. The highest BCUT2D eigenvalue weighted by Crippen LogP contribution is 2.20. The summed E-state index contributed by atoms with van der Waals surface area (Å²) in [7, 11) is 0. The summed E-state index contributed by atoms with van der Waals surface area (Å²) in [5.74, 6) is -1.75. The SMILES string of the molecule is CCOC(C(=O)O)c1ccccc1F. The molecule has 14 heavy (non-hydrogen) atoms. The van der Waals surface area contributed by atoms with Crippen molar-refractivity contribution in [2.45, 2.75) is 13.0 Å². The lowest BCUT2D eigenvalue weighted by molar-refractivity contribution is -0.150. The fourth-order valence-corrected chi connectivity index (χ4v) is 1.15. The van der Waals surface area contributed by atoms with Gasteiger partial charge in [0.15, 0.2) is 6.10 Å². The smallest absolute Gasteiger partial charge is 0.337 e. The van der Waals surface area contributed by atoms with E-state index in [1.807, 2.05) is 0 Å². The molecule has 0 spiro atoms. The highest BCUT2D eigenvalue weighted by molar-refractivity contribution is 5.74. The Bertz CT molecular complexity index is 325. The minimum Gasteiger partial charge on any atom is -0.479 e. The maximum Gasteiger partial charge on any atom is 0.337 e. The maximum atomic E-state index is 13.2. The lowest BCUT2D eigenvalue weighted by atomic mass is 10.1. The number of rotatable bonds is 4. The molecule has 0 bridgehead atoms. The molecule has 1 N–H and O–H groups in total. The number of halogens is 1. The molecule has 0 aliphatic heterocycles. The average Bonchev–Trinajstić information content (AvgIpc) is 2.15. The minimum atomic E-state index is -1.22. The van der Waals surface area contributed by atoms with Crippen molar-refractivity contribution in [2.75, 3.05) is 6.61 Å². The highest BCUT2D eigenvalue weighted by atomic mass is 19.1. The van der Waals surface area contributed by atoms with E-state index < -0.39 is 17.9 Å². The van der Waals surface area contributed by atoms with E-state index in [-0.39, 0.29) is 12.2 Å². The first-order chi connectivity index (χ1) is 6.66. The number of carboxylic acids is 1. The number of benzene rings is 1. The molecule has 0 amide bonds. The lowest BCUT2D eigenvalue weighted by Crippen LogP contribution is -2.16. The zero-order valence-corrected chi connectivity index (χ0v) is 7.74. The van der Waals surface area contributed by atoms with Gasteiger partial charge in [0.2, 0.25) is 0 Å². The zero-order valence-electron chi connectivity index (χ0n) is 7.74. The second-order valence-corrected chi connectivity index (χ2v) is 2.70. The van der Waals surface area contributed by atoms with Crippen molar-refractivity contribution in [1.29, 1.82) is 0 Å². The van der Waals surface area contributed by atoms with E-state index in [0.29, 0.717) is 0 Å². The molecule has 0 heterocycles. The first-order valence-electron chi connectivity index (χ1n) is 4.25. The Balaban J connectivity index is 2.99. The number of carbonyl (C=O) groups is 1. The van der Waals surface area contributed by atoms with Crippen LogP contribution in [0, 0.1) is 5.82 Å². The third-order valence-electron chi connectivity index (χ3n) is 1.75. The monoisotopic (exact) mass is 198 g/mol. The summed E-state index contributed by atoms with van der Waals surface area (Å²) in [6.45, 7) is 1.89. The largest absolute Gasteiger partial charge is 0.479 e. The van der Waals surface area contributed by atoms with Crippen LogP contribution in [0.15, 0.2) is 24.3 Å². The van der Waals surface area contributed by atoms with E-state index in [1.54, 1.807) is 13.0 Å². The van der Waals surface area contributed by atoms with Crippen molar-refractivity contribution in [2.24, 2.45) is 0 Å². The van der Waals surface area contributed by atoms with Crippen molar-refractivity contribution in [3.8, 4) is 0 Å².